The molecule has 3 aromatic carbocycles. The molecule has 4 aromatic rings. The number of aromatic nitrogens is 3. The highest BCUT2D eigenvalue weighted by atomic mass is 19.1. The van der Waals surface area contributed by atoms with Crippen LogP contribution in [0.1, 0.15) is 15.9 Å². The molecule has 0 aliphatic carbocycles. The van der Waals surface area contributed by atoms with Gasteiger partial charge in [-0.05, 0) is 35.9 Å². The molecule has 0 unspecified atom stereocenters. The number of likely N-dealkylation sites (tertiary alicyclic amines) is 1. The maximum Gasteiger partial charge on any atom is 0.256 e. The number of nitrogens with one attached hydrogen (secondary N) is 2. The zero-order chi connectivity index (χ0) is 25.6. The minimum atomic E-state index is -1.33. The van der Waals surface area contributed by atoms with Crippen molar-refractivity contribution in [3.05, 3.63) is 102 Å². The third kappa shape index (κ3) is 3.56. The molecule has 0 bridgehead atoms. The number of fused-ring (bicyclic) bond motifs is 2. The molecule has 1 spiro atoms. The number of nitrogens with zero attached hydrogens (tertiary/aromatic N) is 4. The summed E-state index contributed by atoms with van der Waals surface area (Å²) in [7, 11) is 0. The molecule has 2 aliphatic rings. The van der Waals surface area contributed by atoms with E-state index in [9.17, 15) is 18.8 Å². The maximum absolute atomic E-state index is 14.4. The molecule has 3 amide bonds. The summed E-state index contributed by atoms with van der Waals surface area (Å²) in [5.41, 5.74) is 0.699. The first kappa shape index (κ1) is 22.6. The average molecular weight is 497 g/mol. The lowest BCUT2D eigenvalue weighted by Gasteiger charge is -2.27. The summed E-state index contributed by atoms with van der Waals surface area (Å²) in [6, 6.07) is 19.8. The highest BCUT2D eigenvalue weighted by Crippen LogP contribution is 2.48. The van der Waals surface area contributed by atoms with Crippen molar-refractivity contribution >= 4 is 29.1 Å². The molecule has 3 heterocycles. The molecule has 9 nitrogen and oxygen atoms in total. The minimum absolute atomic E-state index is 0.00854. The van der Waals surface area contributed by atoms with Crippen molar-refractivity contribution in [1.29, 1.82) is 0 Å². The van der Waals surface area contributed by atoms with E-state index in [4.69, 9.17) is 0 Å². The number of benzene rings is 3. The van der Waals surface area contributed by atoms with Gasteiger partial charge in [0.05, 0.1) is 35.2 Å². The van der Waals surface area contributed by atoms with E-state index >= 15 is 0 Å². The fourth-order valence-corrected chi connectivity index (χ4v) is 5.28. The van der Waals surface area contributed by atoms with E-state index in [1.807, 2.05) is 0 Å². The van der Waals surface area contributed by atoms with Gasteiger partial charge in [0.25, 0.3) is 5.91 Å². The third-order valence-corrected chi connectivity index (χ3v) is 7.00. The Morgan fingerprint density at radius 1 is 0.973 bits per heavy atom. The molecule has 1 aromatic heterocycles. The first-order valence-electron chi connectivity index (χ1n) is 11.7. The number of halogens is 1. The number of hydrogen-bond donors (Lipinski definition) is 2. The van der Waals surface area contributed by atoms with E-state index in [0.717, 1.165) is 0 Å². The second-order valence-corrected chi connectivity index (χ2v) is 9.01. The Balaban J connectivity index is 1.41. The molecule has 0 radical (unpaired) electrons. The monoisotopic (exact) mass is 496 g/mol. The van der Waals surface area contributed by atoms with Gasteiger partial charge in [-0.25, -0.2) is 4.39 Å². The molecule has 10 heteroatoms. The zero-order valence-electron chi connectivity index (χ0n) is 19.5. The van der Waals surface area contributed by atoms with Crippen LogP contribution in [0.15, 0.2) is 85.2 Å². The largest absolute Gasteiger partial charge is 0.336 e. The summed E-state index contributed by atoms with van der Waals surface area (Å²) in [5, 5.41) is 13.8. The van der Waals surface area contributed by atoms with Crippen molar-refractivity contribution in [3.63, 3.8) is 0 Å². The summed E-state index contributed by atoms with van der Waals surface area (Å²) in [6.45, 7) is -0.0628. The van der Waals surface area contributed by atoms with Crippen LogP contribution >= 0.6 is 0 Å². The Morgan fingerprint density at radius 2 is 1.68 bits per heavy atom. The molecule has 184 valence electrons. The van der Waals surface area contributed by atoms with Crippen LogP contribution in [-0.4, -0.2) is 50.7 Å². The van der Waals surface area contributed by atoms with E-state index in [-0.39, 0.29) is 30.6 Å². The number of rotatable bonds is 4. The lowest BCUT2D eigenvalue weighted by Crippen LogP contribution is -2.47. The fourth-order valence-electron chi connectivity index (χ4n) is 5.28. The molecule has 1 fully saturated rings. The average Bonchev–Trinajstić information content (AvgIpc) is 3.65. The molecular formula is C27H21FN6O3. The molecule has 1 saturated heterocycles. The summed E-state index contributed by atoms with van der Waals surface area (Å²) in [6.07, 6.45) is 3.02. The number of amides is 3. The predicted molar refractivity (Wildman–Crippen MR) is 133 cm³/mol. The summed E-state index contributed by atoms with van der Waals surface area (Å²) in [4.78, 5) is 43.8. The highest BCUT2D eigenvalue weighted by molar-refractivity contribution is 6.12. The van der Waals surface area contributed by atoms with E-state index in [1.54, 1.807) is 54.6 Å². The SMILES string of the molecule is O=C(Nc1ccccc1F)[C@H]1CN(C(=O)c2ccccc2-n2nccn2)C[C@@]12C(=O)Nc1ccccc12. The van der Waals surface area contributed by atoms with Crippen LogP contribution in [0.4, 0.5) is 15.8 Å². The molecular weight excluding hydrogens is 475 g/mol. The molecule has 2 atom stereocenters. The van der Waals surface area contributed by atoms with Crippen LogP contribution in [-0.2, 0) is 15.0 Å². The van der Waals surface area contributed by atoms with E-state index in [1.165, 1.54) is 40.3 Å². The maximum atomic E-state index is 14.4. The minimum Gasteiger partial charge on any atom is -0.336 e. The zero-order valence-corrected chi connectivity index (χ0v) is 19.5. The first-order valence-corrected chi connectivity index (χ1v) is 11.7. The van der Waals surface area contributed by atoms with Crippen molar-refractivity contribution < 1.29 is 18.8 Å². The van der Waals surface area contributed by atoms with Crippen LogP contribution in [0.2, 0.25) is 0 Å². The lowest BCUT2D eigenvalue weighted by atomic mass is 9.73. The van der Waals surface area contributed by atoms with Gasteiger partial charge in [-0.3, -0.25) is 14.4 Å². The number of anilines is 2. The Bertz CT molecular complexity index is 1540. The van der Waals surface area contributed by atoms with Crippen molar-refractivity contribution in [2.45, 2.75) is 5.41 Å². The van der Waals surface area contributed by atoms with Gasteiger partial charge in [0, 0.05) is 18.8 Å². The van der Waals surface area contributed by atoms with Crippen LogP contribution in [0.3, 0.4) is 0 Å². The van der Waals surface area contributed by atoms with Gasteiger partial charge < -0.3 is 15.5 Å². The summed E-state index contributed by atoms with van der Waals surface area (Å²) in [5.74, 6) is -2.85. The van der Waals surface area contributed by atoms with Gasteiger partial charge in [0.1, 0.15) is 11.2 Å². The second kappa shape index (κ2) is 8.66. The van der Waals surface area contributed by atoms with Gasteiger partial charge in [-0.15, -0.1) is 0 Å². The summed E-state index contributed by atoms with van der Waals surface area (Å²) >= 11 is 0. The van der Waals surface area contributed by atoms with Gasteiger partial charge in [0.15, 0.2) is 0 Å². The molecule has 6 rings (SSSR count). The molecule has 37 heavy (non-hydrogen) atoms. The lowest BCUT2D eigenvalue weighted by molar-refractivity contribution is -0.128. The standard InChI is InChI=1S/C27H21FN6O3/c28-20-9-3-5-11-22(20)31-24(35)19-15-33(16-27(19)18-8-2-4-10-21(18)32-26(27)37)25(36)17-7-1-6-12-23(17)34-29-13-14-30-34/h1-14,19H,15-16H2,(H,31,35)(H,32,37)/t19-,27+/m1/s1. The van der Waals surface area contributed by atoms with Crippen molar-refractivity contribution in [3.8, 4) is 5.69 Å². The fraction of sp³-hybridized carbons (Fsp3) is 0.148. The Hall–Kier alpha value is -4.86. The number of carbonyl (C=O) groups is 3. The molecule has 2 N–H and O–H groups in total. The molecule has 2 aliphatic heterocycles. The summed E-state index contributed by atoms with van der Waals surface area (Å²) < 4.78 is 14.4. The number of hydrogen-bond acceptors (Lipinski definition) is 5. The van der Waals surface area contributed by atoms with Crippen molar-refractivity contribution in [2.24, 2.45) is 5.92 Å². The van der Waals surface area contributed by atoms with Crippen LogP contribution in [0.5, 0.6) is 0 Å². The van der Waals surface area contributed by atoms with Crippen molar-refractivity contribution in [1.82, 2.24) is 19.9 Å². The topological polar surface area (TPSA) is 109 Å². The van der Waals surface area contributed by atoms with Crippen LogP contribution in [0, 0.1) is 11.7 Å². The quantitative estimate of drug-likeness (QED) is 0.452. The highest BCUT2D eigenvalue weighted by Gasteiger charge is 2.60. The van der Waals surface area contributed by atoms with Gasteiger partial charge in [0.2, 0.25) is 11.8 Å². The Morgan fingerprint density at radius 3 is 2.49 bits per heavy atom. The van der Waals surface area contributed by atoms with E-state index < -0.39 is 23.1 Å². The number of para-hydroxylation sites is 3. The van der Waals surface area contributed by atoms with Gasteiger partial charge >= 0.3 is 0 Å². The normalized spacial score (nSPS) is 20.1. The predicted octanol–water partition coefficient (Wildman–Crippen LogP) is 3.01. The number of carbonyl (C=O) groups excluding carboxylic acids is 3. The van der Waals surface area contributed by atoms with E-state index in [2.05, 4.69) is 20.8 Å². The smallest absolute Gasteiger partial charge is 0.256 e. The van der Waals surface area contributed by atoms with Crippen molar-refractivity contribution in [2.75, 3.05) is 23.7 Å². The van der Waals surface area contributed by atoms with Gasteiger partial charge in [-0.1, -0.05) is 42.5 Å². The third-order valence-electron chi connectivity index (χ3n) is 7.00. The Labute approximate surface area is 210 Å². The second-order valence-electron chi connectivity index (χ2n) is 9.01. The van der Waals surface area contributed by atoms with E-state index in [0.29, 0.717) is 22.5 Å². The first-order chi connectivity index (χ1) is 18.0. The van der Waals surface area contributed by atoms with Crippen LogP contribution < -0.4 is 10.6 Å². The van der Waals surface area contributed by atoms with Crippen LogP contribution in [0.25, 0.3) is 5.69 Å². The Kier molecular flexibility index (Phi) is 5.29. The van der Waals surface area contributed by atoms with Gasteiger partial charge in [-0.2, -0.15) is 15.0 Å². The molecule has 0 saturated carbocycles.